The molecule has 16 heavy (non-hydrogen) atoms. The first-order valence-electron chi connectivity index (χ1n) is 6.79. The van der Waals surface area contributed by atoms with Crippen LogP contribution in [-0.2, 0) is 4.79 Å². The Morgan fingerprint density at radius 1 is 1.25 bits per heavy atom. The van der Waals surface area contributed by atoms with Crippen LogP contribution in [0.5, 0.6) is 0 Å². The van der Waals surface area contributed by atoms with Crippen LogP contribution in [0.3, 0.4) is 0 Å². The van der Waals surface area contributed by atoms with E-state index in [4.69, 9.17) is 5.73 Å². The molecule has 3 heteroatoms. The predicted molar refractivity (Wildman–Crippen MR) is 64.9 cm³/mol. The lowest BCUT2D eigenvalue weighted by atomic mass is 9.85. The van der Waals surface area contributed by atoms with E-state index in [1.165, 1.54) is 19.3 Å². The number of carbonyl (C=O) groups is 1. The summed E-state index contributed by atoms with van der Waals surface area (Å²) in [7, 11) is 0. The monoisotopic (exact) mass is 224 g/mol. The summed E-state index contributed by atoms with van der Waals surface area (Å²) in [6.45, 7) is 0.862. The lowest BCUT2D eigenvalue weighted by Gasteiger charge is -2.25. The first-order chi connectivity index (χ1) is 7.75. The molecule has 0 spiro atoms. The van der Waals surface area contributed by atoms with Gasteiger partial charge in [-0.2, -0.15) is 0 Å². The van der Waals surface area contributed by atoms with E-state index in [0.717, 1.165) is 44.6 Å². The van der Waals surface area contributed by atoms with Crippen LogP contribution in [0.2, 0.25) is 0 Å². The number of amides is 1. The number of carbonyl (C=O) groups excluding carboxylic acids is 1. The van der Waals surface area contributed by atoms with Crippen LogP contribution in [0.25, 0.3) is 0 Å². The zero-order chi connectivity index (χ0) is 11.4. The van der Waals surface area contributed by atoms with Crippen LogP contribution in [0.1, 0.15) is 51.4 Å². The van der Waals surface area contributed by atoms with E-state index in [1.54, 1.807) is 0 Å². The van der Waals surface area contributed by atoms with Gasteiger partial charge in [-0.05, 0) is 38.0 Å². The quantitative estimate of drug-likeness (QED) is 0.700. The van der Waals surface area contributed by atoms with Gasteiger partial charge in [0.15, 0.2) is 0 Å². The van der Waals surface area contributed by atoms with Gasteiger partial charge in [-0.3, -0.25) is 4.79 Å². The van der Waals surface area contributed by atoms with Crippen LogP contribution in [0.15, 0.2) is 0 Å². The van der Waals surface area contributed by atoms with Crippen molar-refractivity contribution in [3.8, 4) is 0 Å². The first-order valence-corrected chi connectivity index (χ1v) is 6.79. The highest BCUT2D eigenvalue weighted by atomic mass is 16.1. The number of nitrogens with two attached hydrogens (primary N) is 1. The third kappa shape index (κ3) is 3.78. The maximum Gasteiger partial charge on any atom is 0.223 e. The molecule has 0 saturated heterocycles. The SMILES string of the molecule is NC1CCCC(C(=O)NCCCC2CC2)C1. The van der Waals surface area contributed by atoms with Gasteiger partial charge in [-0.1, -0.05) is 19.3 Å². The summed E-state index contributed by atoms with van der Waals surface area (Å²) >= 11 is 0. The van der Waals surface area contributed by atoms with E-state index < -0.39 is 0 Å². The minimum Gasteiger partial charge on any atom is -0.356 e. The fourth-order valence-corrected chi connectivity index (χ4v) is 2.62. The molecular formula is C13H24N2O. The molecule has 2 aliphatic carbocycles. The fourth-order valence-electron chi connectivity index (χ4n) is 2.62. The molecule has 0 heterocycles. The predicted octanol–water partition coefficient (Wildman–Crippen LogP) is 1.81. The van der Waals surface area contributed by atoms with Crippen molar-refractivity contribution in [3.63, 3.8) is 0 Å². The van der Waals surface area contributed by atoms with E-state index in [2.05, 4.69) is 5.32 Å². The number of nitrogens with one attached hydrogen (secondary N) is 1. The molecule has 2 rings (SSSR count). The van der Waals surface area contributed by atoms with E-state index in [-0.39, 0.29) is 17.9 Å². The molecule has 2 aliphatic rings. The molecular weight excluding hydrogens is 200 g/mol. The van der Waals surface area contributed by atoms with Gasteiger partial charge in [0.2, 0.25) is 5.91 Å². The van der Waals surface area contributed by atoms with Gasteiger partial charge in [-0.25, -0.2) is 0 Å². The molecule has 1 amide bonds. The van der Waals surface area contributed by atoms with Crippen LogP contribution >= 0.6 is 0 Å². The molecule has 0 aromatic rings. The second-order valence-corrected chi connectivity index (χ2v) is 5.50. The Kier molecular flexibility index (Phi) is 4.22. The average molecular weight is 224 g/mol. The summed E-state index contributed by atoms with van der Waals surface area (Å²) in [6.07, 6.45) is 9.37. The Labute approximate surface area is 98.2 Å². The van der Waals surface area contributed by atoms with Crippen LogP contribution < -0.4 is 11.1 Å². The van der Waals surface area contributed by atoms with Gasteiger partial charge in [0.05, 0.1) is 0 Å². The van der Waals surface area contributed by atoms with Crippen molar-refractivity contribution in [1.29, 1.82) is 0 Å². The van der Waals surface area contributed by atoms with Crippen molar-refractivity contribution in [1.82, 2.24) is 5.32 Å². The Balaban J connectivity index is 1.58. The molecule has 2 fully saturated rings. The van der Waals surface area contributed by atoms with Gasteiger partial charge in [0.1, 0.15) is 0 Å². The van der Waals surface area contributed by atoms with Crippen LogP contribution in [-0.4, -0.2) is 18.5 Å². The molecule has 2 saturated carbocycles. The minimum atomic E-state index is 0.185. The van der Waals surface area contributed by atoms with Gasteiger partial charge in [-0.15, -0.1) is 0 Å². The fraction of sp³-hybridized carbons (Fsp3) is 0.923. The topological polar surface area (TPSA) is 55.1 Å². The summed E-state index contributed by atoms with van der Waals surface area (Å²) < 4.78 is 0. The van der Waals surface area contributed by atoms with Crippen LogP contribution in [0.4, 0.5) is 0 Å². The Morgan fingerprint density at radius 2 is 2.06 bits per heavy atom. The normalized spacial score (nSPS) is 30.1. The molecule has 0 aromatic heterocycles. The van der Waals surface area contributed by atoms with E-state index >= 15 is 0 Å². The average Bonchev–Trinajstić information content (AvgIpc) is 3.08. The molecule has 0 aromatic carbocycles. The molecule has 2 unspecified atom stereocenters. The van der Waals surface area contributed by atoms with Crippen molar-refractivity contribution in [2.24, 2.45) is 17.6 Å². The summed E-state index contributed by atoms with van der Waals surface area (Å²) in [6, 6.07) is 0.246. The van der Waals surface area contributed by atoms with Crippen LogP contribution in [0, 0.1) is 11.8 Å². The summed E-state index contributed by atoms with van der Waals surface area (Å²) in [5.74, 6) is 1.40. The zero-order valence-corrected chi connectivity index (χ0v) is 10.1. The Morgan fingerprint density at radius 3 is 2.75 bits per heavy atom. The molecule has 3 N–H and O–H groups in total. The van der Waals surface area contributed by atoms with E-state index in [0.29, 0.717) is 0 Å². The zero-order valence-electron chi connectivity index (χ0n) is 10.1. The van der Waals surface area contributed by atoms with Gasteiger partial charge in [0, 0.05) is 18.5 Å². The highest BCUT2D eigenvalue weighted by Crippen LogP contribution is 2.33. The molecule has 0 bridgehead atoms. The van der Waals surface area contributed by atoms with Gasteiger partial charge in [0.25, 0.3) is 0 Å². The number of rotatable bonds is 5. The third-order valence-electron chi connectivity index (χ3n) is 3.87. The highest BCUT2D eigenvalue weighted by molar-refractivity contribution is 5.78. The molecule has 92 valence electrons. The number of hydrogen-bond acceptors (Lipinski definition) is 2. The summed E-state index contributed by atoms with van der Waals surface area (Å²) in [5, 5.41) is 3.06. The van der Waals surface area contributed by atoms with Gasteiger partial charge >= 0.3 is 0 Å². The van der Waals surface area contributed by atoms with E-state index in [9.17, 15) is 4.79 Å². The molecule has 3 nitrogen and oxygen atoms in total. The molecule has 0 aliphatic heterocycles. The highest BCUT2D eigenvalue weighted by Gasteiger charge is 2.25. The van der Waals surface area contributed by atoms with Crippen molar-refractivity contribution < 1.29 is 4.79 Å². The van der Waals surface area contributed by atoms with Crippen molar-refractivity contribution in [3.05, 3.63) is 0 Å². The molecule has 0 radical (unpaired) electrons. The lowest BCUT2D eigenvalue weighted by molar-refractivity contribution is -0.126. The Bertz CT molecular complexity index is 238. The van der Waals surface area contributed by atoms with Crippen molar-refractivity contribution in [2.75, 3.05) is 6.54 Å². The summed E-state index contributed by atoms with van der Waals surface area (Å²) in [5.41, 5.74) is 5.89. The maximum absolute atomic E-state index is 11.8. The van der Waals surface area contributed by atoms with E-state index in [1.807, 2.05) is 0 Å². The first kappa shape index (κ1) is 11.9. The third-order valence-corrected chi connectivity index (χ3v) is 3.87. The Hall–Kier alpha value is -0.570. The van der Waals surface area contributed by atoms with Crippen molar-refractivity contribution in [2.45, 2.75) is 57.4 Å². The van der Waals surface area contributed by atoms with Crippen molar-refractivity contribution >= 4 is 5.91 Å². The standard InChI is InChI=1S/C13H24N2O/c14-12-5-1-4-11(9-12)13(16)15-8-2-3-10-6-7-10/h10-12H,1-9,14H2,(H,15,16). The number of hydrogen-bond donors (Lipinski definition) is 2. The smallest absolute Gasteiger partial charge is 0.223 e. The molecule has 2 atom stereocenters. The second kappa shape index (κ2) is 5.67. The maximum atomic E-state index is 11.8. The van der Waals surface area contributed by atoms with Gasteiger partial charge < -0.3 is 11.1 Å². The summed E-state index contributed by atoms with van der Waals surface area (Å²) in [4.78, 5) is 11.8. The lowest BCUT2D eigenvalue weighted by Crippen LogP contribution is -2.38. The largest absolute Gasteiger partial charge is 0.356 e. The minimum absolute atomic E-state index is 0.185. The second-order valence-electron chi connectivity index (χ2n) is 5.50.